The lowest BCUT2D eigenvalue weighted by atomic mass is 10.0. The molecule has 0 saturated carbocycles. The molecular formula is C27H35NO4. The van der Waals surface area contributed by atoms with Crippen LogP contribution in [0.2, 0.25) is 0 Å². The predicted octanol–water partition coefficient (Wildman–Crippen LogP) is 6.38. The Kier molecular flexibility index (Phi) is 8.89. The molecule has 5 heteroatoms. The van der Waals surface area contributed by atoms with Crippen molar-refractivity contribution in [3.05, 3.63) is 71.6 Å². The van der Waals surface area contributed by atoms with E-state index in [2.05, 4.69) is 24.0 Å². The highest BCUT2D eigenvalue weighted by molar-refractivity contribution is 5.53. The molecule has 0 aliphatic heterocycles. The largest absolute Gasteiger partial charge is 0.493 e. The third-order valence-corrected chi connectivity index (χ3v) is 5.59. The predicted molar refractivity (Wildman–Crippen MR) is 127 cm³/mol. The molecule has 0 fully saturated rings. The van der Waals surface area contributed by atoms with Crippen molar-refractivity contribution in [2.75, 3.05) is 19.8 Å². The van der Waals surface area contributed by atoms with Crippen molar-refractivity contribution in [1.29, 1.82) is 0 Å². The fraction of sp³-hybridized carbons (Fsp3) is 0.444. The highest BCUT2D eigenvalue weighted by atomic mass is 16.7. The lowest BCUT2D eigenvalue weighted by molar-refractivity contribution is -0.238. The minimum Gasteiger partial charge on any atom is -0.493 e. The van der Waals surface area contributed by atoms with Crippen LogP contribution in [0.4, 0.5) is 0 Å². The van der Waals surface area contributed by atoms with Gasteiger partial charge in [0.2, 0.25) is 5.89 Å². The van der Waals surface area contributed by atoms with Crippen LogP contribution in [0.5, 0.6) is 5.75 Å². The second-order valence-corrected chi connectivity index (χ2v) is 7.76. The van der Waals surface area contributed by atoms with E-state index in [4.69, 9.17) is 18.6 Å². The van der Waals surface area contributed by atoms with Crippen LogP contribution in [0.15, 0.2) is 59.0 Å². The van der Waals surface area contributed by atoms with Crippen LogP contribution < -0.4 is 4.74 Å². The van der Waals surface area contributed by atoms with Crippen molar-refractivity contribution in [3.63, 3.8) is 0 Å². The van der Waals surface area contributed by atoms with Gasteiger partial charge in [-0.25, -0.2) is 4.98 Å². The molecule has 3 aromatic rings. The van der Waals surface area contributed by atoms with Crippen LogP contribution in [-0.2, 0) is 22.3 Å². The Morgan fingerprint density at radius 2 is 1.56 bits per heavy atom. The summed E-state index contributed by atoms with van der Waals surface area (Å²) in [5.74, 6) is 1.86. The molecule has 0 atom stereocenters. The molecule has 0 aliphatic rings. The van der Waals surface area contributed by atoms with E-state index in [0.29, 0.717) is 32.1 Å². The Morgan fingerprint density at radius 3 is 2.19 bits per heavy atom. The smallest absolute Gasteiger partial charge is 0.226 e. The fourth-order valence-corrected chi connectivity index (χ4v) is 3.81. The van der Waals surface area contributed by atoms with Gasteiger partial charge in [0.05, 0.1) is 12.3 Å². The number of hydrogen-bond donors (Lipinski definition) is 0. The van der Waals surface area contributed by atoms with Gasteiger partial charge in [0.15, 0.2) is 5.79 Å². The number of ether oxygens (including phenoxy) is 3. The van der Waals surface area contributed by atoms with Crippen molar-refractivity contribution in [3.8, 4) is 17.2 Å². The van der Waals surface area contributed by atoms with E-state index in [1.807, 2.05) is 63.2 Å². The third-order valence-electron chi connectivity index (χ3n) is 5.59. The molecule has 0 aliphatic carbocycles. The molecule has 3 rings (SSSR count). The Bertz CT molecular complexity index is 928. The molecule has 0 unspecified atom stereocenters. The van der Waals surface area contributed by atoms with Gasteiger partial charge < -0.3 is 18.6 Å². The summed E-state index contributed by atoms with van der Waals surface area (Å²) in [4.78, 5) is 4.64. The molecule has 0 radical (unpaired) electrons. The summed E-state index contributed by atoms with van der Waals surface area (Å²) in [5, 5.41) is 0. The molecule has 0 saturated heterocycles. The first-order chi connectivity index (χ1) is 15.6. The maximum atomic E-state index is 5.95. The first-order valence-corrected chi connectivity index (χ1v) is 11.6. The quantitative estimate of drug-likeness (QED) is 0.290. The molecule has 2 aromatic carbocycles. The summed E-state index contributed by atoms with van der Waals surface area (Å²) < 4.78 is 23.7. The van der Waals surface area contributed by atoms with Crippen LogP contribution in [0.1, 0.15) is 50.6 Å². The first-order valence-electron chi connectivity index (χ1n) is 11.6. The van der Waals surface area contributed by atoms with Gasteiger partial charge in [-0.15, -0.1) is 0 Å². The van der Waals surface area contributed by atoms with Gasteiger partial charge in [0.25, 0.3) is 0 Å². The topological polar surface area (TPSA) is 53.7 Å². The SMILES string of the molecule is CCOC(CC)(CCc1ccc(OCCc2nc(-c3ccccc3)oc2C)cc1)OCC. The van der Waals surface area contributed by atoms with Crippen molar-refractivity contribution < 1.29 is 18.6 Å². The minimum absolute atomic E-state index is 0.493. The highest BCUT2D eigenvalue weighted by Crippen LogP contribution is 2.26. The number of oxazole rings is 1. The van der Waals surface area contributed by atoms with E-state index in [0.717, 1.165) is 42.0 Å². The van der Waals surface area contributed by atoms with Crippen molar-refractivity contribution in [2.24, 2.45) is 0 Å². The molecule has 1 aromatic heterocycles. The summed E-state index contributed by atoms with van der Waals surface area (Å²) in [6, 6.07) is 18.2. The average molecular weight is 438 g/mol. The summed E-state index contributed by atoms with van der Waals surface area (Å²) >= 11 is 0. The standard InChI is InChI=1S/C27H35NO4/c1-5-27(30-6-2,31-7-3)19-17-22-13-15-24(16-14-22)29-20-18-25-21(4)32-26(28-25)23-11-9-8-10-12-23/h8-16H,5-7,17-20H2,1-4H3. The van der Waals surface area contributed by atoms with Crippen LogP contribution in [0, 0.1) is 6.92 Å². The molecule has 0 amide bonds. The van der Waals surface area contributed by atoms with E-state index in [1.54, 1.807) is 0 Å². The van der Waals surface area contributed by atoms with E-state index < -0.39 is 5.79 Å². The van der Waals surface area contributed by atoms with Crippen LogP contribution in [0.25, 0.3) is 11.5 Å². The molecule has 0 N–H and O–H groups in total. The van der Waals surface area contributed by atoms with Gasteiger partial charge in [-0.05, 0) is 63.4 Å². The van der Waals surface area contributed by atoms with Crippen molar-refractivity contribution >= 4 is 0 Å². The normalized spacial score (nSPS) is 11.6. The zero-order valence-electron chi connectivity index (χ0n) is 19.7. The molecule has 0 bridgehead atoms. The van der Waals surface area contributed by atoms with Crippen LogP contribution in [0.3, 0.4) is 0 Å². The fourth-order valence-electron chi connectivity index (χ4n) is 3.81. The summed E-state index contributed by atoms with van der Waals surface area (Å²) in [7, 11) is 0. The molecule has 5 nitrogen and oxygen atoms in total. The van der Waals surface area contributed by atoms with Crippen molar-refractivity contribution in [2.45, 2.75) is 59.2 Å². The zero-order chi connectivity index (χ0) is 22.8. The monoisotopic (exact) mass is 437 g/mol. The summed E-state index contributed by atoms with van der Waals surface area (Å²) in [5.41, 5.74) is 3.16. The van der Waals surface area contributed by atoms with E-state index in [1.165, 1.54) is 5.56 Å². The van der Waals surface area contributed by atoms with Gasteiger partial charge in [0.1, 0.15) is 11.5 Å². The molecule has 1 heterocycles. The Hall–Kier alpha value is -2.63. The Balaban J connectivity index is 1.50. The highest BCUT2D eigenvalue weighted by Gasteiger charge is 2.28. The van der Waals surface area contributed by atoms with Gasteiger partial charge in [-0.3, -0.25) is 0 Å². The first kappa shape index (κ1) is 24.0. The Morgan fingerprint density at radius 1 is 0.875 bits per heavy atom. The lowest BCUT2D eigenvalue weighted by Crippen LogP contribution is -2.36. The third kappa shape index (κ3) is 6.44. The van der Waals surface area contributed by atoms with E-state index in [9.17, 15) is 0 Å². The summed E-state index contributed by atoms with van der Waals surface area (Å²) in [6.07, 6.45) is 3.27. The Labute approximate surface area is 191 Å². The van der Waals surface area contributed by atoms with Gasteiger partial charge in [0, 0.05) is 31.6 Å². The second kappa shape index (κ2) is 11.8. The number of hydrogen-bond acceptors (Lipinski definition) is 5. The molecule has 172 valence electrons. The molecule has 32 heavy (non-hydrogen) atoms. The lowest BCUT2D eigenvalue weighted by Gasteiger charge is -2.32. The van der Waals surface area contributed by atoms with Crippen LogP contribution >= 0.6 is 0 Å². The average Bonchev–Trinajstić information content (AvgIpc) is 3.19. The van der Waals surface area contributed by atoms with Gasteiger partial charge in [-0.1, -0.05) is 37.3 Å². The number of nitrogens with zero attached hydrogens (tertiary/aromatic N) is 1. The van der Waals surface area contributed by atoms with E-state index >= 15 is 0 Å². The number of rotatable bonds is 13. The number of benzene rings is 2. The zero-order valence-corrected chi connectivity index (χ0v) is 19.7. The number of aromatic nitrogens is 1. The van der Waals surface area contributed by atoms with Crippen molar-refractivity contribution in [1.82, 2.24) is 4.98 Å². The van der Waals surface area contributed by atoms with Gasteiger partial charge in [-0.2, -0.15) is 0 Å². The second-order valence-electron chi connectivity index (χ2n) is 7.76. The maximum Gasteiger partial charge on any atom is 0.226 e. The maximum absolute atomic E-state index is 5.95. The molecule has 0 spiro atoms. The minimum atomic E-state index is -0.493. The van der Waals surface area contributed by atoms with Crippen LogP contribution in [-0.4, -0.2) is 30.6 Å². The van der Waals surface area contributed by atoms with E-state index in [-0.39, 0.29) is 0 Å². The number of aryl methyl sites for hydroxylation is 2. The molecular weight excluding hydrogens is 402 g/mol. The summed E-state index contributed by atoms with van der Waals surface area (Å²) in [6.45, 7) is 9.94. The van der Waals surface area contributed by atoms with Gasteiger partial charge >= 0.3 is 0 Å².